The maximum absolute atomic E-state index is 13.3. The molecule has 1 aromatic carbocycles. The molecule has 3 amide bonds. The fraction of sp³-hybridized carbons (Fsp3) is 0.522. The number of aliphatic hydroxyl groups excluding tert-OH is 1. The van der Waals surface area contributed by atoms with E-state index in [9.17, 15) is 29.4 Å². The molecule has 0 saturated carbocycles. The Kier molecular flexibility index (Phi) is 11.2. The Morgan fingerprint density at radius 1 is 1.18 bits per heavy atom. The molecule has 0 spiro atoms. The lowest BCUT2D eigenvalue weighted by Gasteiger charge is -2.33. The van der Waals surface area contributed by atoms with E-state index in [1.165, 1.54) is 6.92 Å². The second-order valence-electron chi connectivity index (χ2n) is 8.01. The van der Waals surface area contributed by atoms with Crippen LogP contribution in [0.4, 0.5) is 0 Å². The number of hydrogen-bond donors (Lipinski definition) is 4. The average Bonchev–Trinajstić information content (AvgIpc) is 2.77. The van der Waals surface area contributed by atoms with Gasteiger partial charge in [0.15, 0.2) is 0 Å². The standard InChI is InChI=1S/C23H32N4O6/c1-4-14(2)20(25)22(31)27(19(29)13-17(28)10-11-24)18(12-16-8-6-5-7-9-16)21(30)26-15(3)23(32)33/h5-9,14-15,17-18,20,28H,4,10,12-13,25H2,1-3H3,(H,26,30)(H,32,33)/t14-,15+,17+,18+,20+/m0/s1. The first-order chi connectivity index (χ1) is 15.5. The van der Waals surface area contributed by atoms with Crippen molar-refractivity contribution >= 4 is 23.7 Å². The van der Waals surface area contributed by atoms with E-state index in [1.807, 2.05) is 6.92 Å². The number of carbonyl (C=O) groups excluding carboxylic acids is 3. The summed E-state index contributed by atoms with van der Waals surface area (Å²) < 4.78 is 0. The molecule has 0 radical (unpaired) electrons. The van der Waals surface area contributed by atoms with Crippen molar-refractivity contribution < 1.29 is 29.4 Å². The Bertz CT molecular complexity index is 869. The largest absolute Gasteiger partial charge is 0.480 e. The molecule has 5 N–H and O–H groups in total. The van der Waals surface area contributed by atoms with Gasteiger partial charge in [-0.3, -0.25) is 24.1 Å². The molecule has 10 nitrogen and oxygen atoms in total. The number of nitrogens with zero attached hydrogens (tertiary/aromatic N) is 2. The molecule has 1 rings (SSSR count). The lowest BCUT2D eigenvalue weighted by Crippen LogP contribution is -2.60. The summed E-state index contributed by atoms with van der Waals surface area (Å²) in [6.07, 6.45) is -1.79. The molecule has 5 atom stereocenters. The van der Waals surface area contributed by atoms with Gasteiger partial charge in [0.1, 0.15) is 12.1 Å². The monoisotopic (exact) mass is 460 g/mol. The van der Waals surface area contributed by atoms with Gasteiger partial charge < -0.3 is 21.3 Å². The molecule has 0 bridgehead atoms. The second kappa shape index (κ2) is 13.3. The van der Waals surface area contributed by atoms with Crippen molar-refractivity contribution in [3.8, 4) is 6.07 Å². The van der Waals surface area contributed by atoms with Gasteiger partial charge in [0.05, 0.1) is 31.1 Å². The van der Waals surface area contributed by atoms with Crippen LogP contribution in [0.5, 0.6) is 0 Å². The zero-order chi connectivity index (χ0) is 25.1. The number of rotatable bonds is 12. The molecule has 0 aromatic heterocycles. The number of aliphatic hydroxyl groups is 1. The summed E-state index contributed by atoms with van der Waals surface area (Å²) in [5, 5.41) is 30.3. The molecule has 0 aliphatic carbocycles. The molecule has 33 heavy (non-hydrogen) atoms. The number of carbonyl (C=O) groups is 4. The Balaban J connectivity index is 3.45. The number of carboxylic acid groups (broad SMARTS) is 1. The van der Waals surface area contributed by atoms with E-state index in [-0.39, 0.29) is 18.8 Å². The number of nitriles is 1. The van der Waals surface area contributed by atoms with Crippen LogP contribution in [0, 0.1) is 17.2 Å². The number of nitrogens with two attached hydrogens (primary N) is 1. The fourth-order valence-corrected chi connectivity index (χ4v) is 3.10. The van der Waals surface area contributed by atoms with Gasteiger partial charge in [-0.1, -0.05) is 50.6 Å². The van der Waals surface area contributed by atoms with E-state index in [2.05, 4.69) is 5.32 Å². The van der Waals surface area contributed by atoms with E-state index >= 15 is 0 Å². The van der Waals surface area contributed by atoms with Crippen molar-refractivity contribution in [1.29, 1.82) is 5.26 Å². The number of carboxylic acids is 1. The SMILES string of the molecule is CC[C@H](C)[C@@H](N)C(=O)N(C(=O)C[C@H](O)CC#N)[C@H](Cc1ccccc1)C(=O)N[C@H](C)C(=O)O. The van der Waals surface area contributed by atoms with Crippen LogP contribution in [-0.4, -0.2) is 63.0 Å². The average molecular weight is 461 g/mol. The quantitative estimate of drug-likeness (QED) is 0.350. The molecule has 0 heterocycles. The Morgan fingerprint density at radius 2 is 1.79 bits per heavy atom. The van der Waals surface area contributed by atoms with Crippen LogP contribution in [0.15, 0.2) is 30.3 Å². The van der Waals surface area contributed by atoms with Crippen LogP contribution in [0.3, 0.4) is 0 Å². The third-order valence-corrected chi connectivity index (χ3v) is 5.40. The number of benzene rings is 1. The van der Waals surface area contributed by atoms with Crippen LogP contribution in [-0.2, 0) is 25.6 Å². The molecular weight excluding hydrogens is 428 g/mol. The van der Waals surface area contributed by atoms with E-state index in [4.69, 9.17) is 11.0 Å². The Labute approximate surface area is 193 Å². The fourth-order valence-electron chi connectivity index (χ4n) is 3.10. The van der Waals surface area contributed by atoms with Gasteiger partial charge in [-0.05, 0) is 18.4 Å². The molecular formula is C23H32N4O6. The lowest BCUT2D eigenvalue weighted by atomic mass is 9.96. The summed E-state index contributed by atoms with van der Waals surface area (Å²) in [6, 6.07) is 6.58. The number of hydrogen-bond acceptors (Lipinski definition) is 7. The molecule has 0 aliphatic rings. The smallest absolute Gasteiger partial charge is 0.325 e. The highest BCUT2D eigenvalue weighted by Gasteiger charge is 2.39. The number of imide groups is 1. The minimum absolute atomic E-state index is 0.0853. The third-order valence-electron chi connectivity index (χ3n) is 5.40. The molecule has 0 fully saturated rings. The first-order valence-electron chi connectivity index (χ1n) is 10.8. The second-order valence-corrected chi connectivity index (χ2v) is 8.01. The minimum atomic E-state index is -1.40. The topological polar surface area (TPSA) is 174 Å². The molecule has 180 valence electrons. The number of nitrogens with one attached hydrogen (secondary N) is 1. The summed E-state index contributed by atoms with van der Waals surface area (Å²) in [5.41, 5.74) is 6.72. The van der Waals surface area contributed by atoms with Crippen molar-refractivity contribution in [3.05, 3.63) is 35.9 Å². The van der Waals surface area contributed by atoms with E-state index in [1.54, 1.807) is 43.3 Å². The Morgan fingerprint density at radius 3 is 2.30 bits per heavy atom. The van der Waals surface area contributed by atoms with Crippen LogP contribution < -0.4 is 11.1 Å². The zero-order valence-corrected chi connectivity index (χ0v) is 19.1. The van der Waals surface area contributed by atoms with Gasteiger partial charge in [0.25, 0.3) is 0 Å². The first kappa shape index (κ1) is 27.7. The highest BCUT2D eigenvalue weighted by Crippen LogP contribution is 2.17. The van der Waals surface area contributed by atoms with E-state index < -0.39 is 54.3 Å². The van der Waals surface area contributed by atoms with Crippen molar-refractivity contribution in [2.45, 2.75) is 70.7 Å². The van der Waals surface area contributed by atoms with E-state index in [0.717, 1.165) is 0 Å². The van der Waals surface area contributed by atoms with Crippen molar-refractivity contribution in [3.63, 3.8) is 0 Å². The van der Waals surface area contributed by atoms with Gasteiger partial charge in [-0.2, -0.15) is 5.26 Å². The van der Waals surface area contributed by atoms with Crippen molar-refractivity contribution in [2.24, 2.45) is 11.7 Å². The highest BCUT2D eigenvalue weighted by molar-refractivity contribution is 6.03. The maximum atomic E-state index is 13.3. The lowest BCUT2D eigenvalue weighted by molar-refractivity contribution is -0.155. The molecule has 1 aromatic rings. The van der Waals surface area contributed by atoms with Crippen LogP contribution >= 0.6 is 0 Å². The van der Waals surface area contributed by atoms with Gasteiger partial charge in [0, 0.05) is 6.42 Å². The number of aliphatic carboxylic acids is 1. The molecule has 0 aliphatic heterocycles. The van der Waals surface area contributed by atoms with Crippen molar-refractivity contribution in [2.75, 3.05) is 0 Å². The summed E-state index contributed by atoms with van der Waals surface area (Å²) in [4.78, 5) is 51.5. The molecule has 0 unspecified atom stereocenters. The molecule has 0 saturated heterocycles. The van der Waals surface area contributed by atoms with Crippen LogP contribution in [0.25, 0.3) is 0 Å². The van der Waals surface area contributed by atoms with E-state index in [0.29, 0.717) is 16.9 Å². The summed E-state index contributed by atoms with van der Waals surface area (Å²) >= 11 is 0. The normalized spacial score (nSPS) is 15.3. The number of amides is 3. The zero-order valence-electron chi connectivity index (χ0n) is 19.1. The summed E-state index contributed by atoms with van der Waals surface area (Å²) in [7, 11) is 0. The predicted octanol–water partition coefficient (Wildman–Crippen LogP) is 0.580. The molecule has 10 heteroatoms. The first-order valence-corrected chi connectivity index (χ1v) is 10.8. The van der Waals surface area contributed by atoms with Gasteiger partial charge in [-0.25, -0.2) is 0 Å². The van der Waals surface area contributed by atoms with Crippen LogP contribution in [0.2, 0.25) is 0 Å². The maximum Gasteiger partial charge on any atom is 0.325 e. The van der Waals surface area contributed by atoms with Gasteiger partial charge >= 0.3 is 5.97 Å². The Hall–Kier alpha value is -3.29. The van der Waals surface area contributed by atoms with Crippen molar-refractivity contribution in [1.82, 2.24) is 10.2 Å². The third kappa shape index (κ3) is 8.29. The minimum Gasteiger partial charge on any atom is -0.480 e. The highest BCUT2D eigenvalue weighted by atomic mass is 16.4. The summed E-state index contributed by atoms with van der Waals surface area (Å²) in [6.45, 7) is 4.81. The van der Waals surface area contributed by atoms with Gasteiger partial charge in [0.2, 0.25) is 17.7 Å². The summed E-state index contributed by atoms with van der Waals surface area (Å²) in [5.74, 6) is -4.12. The van der Waals surface area contributed by atoms with Crippen LogP contribution in [0.1, 0.15) is 45.6 Å². The predicted molar refractivity (Wildman–Crippen MR) is 119 cm³/mol. The van der Waals surface area contributed by atoms with Gasteiger partial charge in [-0.15, -0.1) is 0 Å².